The Hall–Kier alpha value is -2.43. The highest BCUT2D eigenvalue weighted by molar-refractivity contribution is 5.91. The number of anilines is 1. The van der Waals surface area contributed by atoms with Crippen molar-refractivity contribution in [3.63, 3.8) is 0 Å². The topological polar surface area (TPSA) is 58.1 Å². The molecule has 4 rings (SSSR count). The first-order valence-corrected chi connectivity index (χ1v) is 9.58. The van der Waals surface area contributed by atoms with Crippen LogP contribution in [0, 0.1) is 12.8 Å². The number of aryl methyl sites for hydroxylation is 2. The van der Waals surface area contributed by atoms with Crippen molar-refractivity contribution in [1.82, 2.24) is 15.1 Å². The van der Waals surface area contributed by atoms with Gasteiger partial charge in [0.15, 0.2) is 0 Å². The molecule has 2 aliphatic heterocycles. The molecule has 2 aromatic rings. The maximum Gasteiger partial charge on any atom is 0.322 e. The third-order valence-electron chi connectivity index (χ3n) is 5.76. The predicted molar refractivity (Wildman–Crippen MR) is 103 cm³/mol. The lowest BCUT2D eigenvalue weighted by Gasteiger charge is -2.54. The van der Waals surface area contributed by atoms with Crippen molar-refractivity contribution in [3.05, 3.63) is 41.6 Å². The number of nitrogens with zero attached hydrogens (tertiary/aromatic N) is 3. The van der Waals surface area contributed by atoms with E-state index in [-0.39, 0.29) is 6.03 Å². The molecule has 2 bridgehead atoms. The minimum atomic E-state index is 0.0281. The molecular formula is C21H26N4O. The summed E-state index contributed by atoms with van der Waals surface area (Å²) < 4.78 is 0. The lowest BCUT2D eigenvalue weighted by molar-refractivity contribution is -0.00600. The molecule has 2 fully saturated rings. The summed E-state index contributed by atoms with van der Waals surface area (Å²) in [4.78, 5) is 14.8. The average molecular weight is 350 g/mol. The zero-order valence-electron chi connectivity index (χ0n) is 15.7. The number of urea groups is 1. The van der Waals surface area contributed by atoms with E-state index in [1.165, 1.54) is 0 Å². The zero-order chi connectivity index (χ0) is 18.3. The van der Waals surface area contributed by atoms with Gasteiger partial charge < -0.3 is 10.2 Å². The number of carbonyl (C=O) groups excluding carboxylic acids is 1. The van der Waals surface area contributed by atoms with Gasteiger partial charge in [-0.15, -0.1) is 0 Å². The molecule has 3 heterocycles. The Morgan fingerprint density at radius 2 is 1.92 bits per heavy atom. The number of rotatable bonds is 3. The van der Waals surface area contributed by atoms with Crippen molar-refractivity contribution in [2.45, 2.75) is 58.5 Å². The van der Waals surface area contributed by atoms with Gasteiger partial charge in [0.1, 0.15) is 0 Å². The highest BCUT2D eigenvalue weighted by Crippen LogP contribution is 2.41. The fourth-order valence-corrected chi connectivity index (χ4v) is 4.33. The van der Waals surface area contributed by atoms with Crippen molar-refractivity contribution in [1.29, 1.82) is 0 Å². The molecule has 5 heteroatoms. The number of carbonyl (C=O) groups is 1. The van der Waals surface area contributed by atoms with Gasteiger partial charge in [0.05, 0.1) is 11.4 Å². The third kappa shape index (κ3) is 3.06. The van der Waals surface area contributed by atoms with Crippen LogP contribution in [0.15, 0.2) is 30.3 Å². The smallest absolute Gasteiger partial charge is 0.318 e. The maximum absolute atomic E-state index is 12.7. The standard InChI is InChI=1S/C21H26N4O/c1-4-15-7-8-20(24-23-15)19-11-16(6-5-14(19)3)22-21(26)25-17-9-13(2)10-18(25)12-17/h5-8,11,13,17-18H,4,9-10,12H2,1-3H3,(H,22,26)/t13?,17-,18?/m0/s1. The Morgan fingerprint density at radius 1 is 1.15 bits per heavy atom. The molecule has 2 unspecified atom stereocenters. The Bertz CT molecular complexity index is 805. The molecule has 2 saturated heterocycles. The fourth-order valence-electron chi connectivity index (χ4n) is 4.33. The lowest BCUT2D eigenvalue weighted by Crippen LogP contribution is -2.63. The second kappa shape index (κ2) is 6.71. The van der Waals surface area contributed by atoms with E-state index >= 15 is 0 Å². The SMILES string of the molecule is CCc1ccc(-c2cc(NC(=O)N3C4CC(C)C[C@H]3C4)ccc2C)nn1. The van der Waals surface area contributed by atoms with Crippen LogP contribution < -0.4 is 5.32 Å². The van der Waals surface area contributed by atoms with Crippen LogP contribution in [-0.2, 0) is 6.42 Å². The first kappa shape index (κ1) is 17.0. The van der Waals surface area contributed by atoms with Gasteiger partial charge in [0.25, 0.3) is 0 Å². The van der Waals surface area contributed by atoms with Crippen molar-refractivity contribution < 1.29 is 4.79 Å². The van der Waals surface area contributed by atoms with Crippen LogP contribution in [0.3, 0.4) is 0 Å². The number of benzene rings is 1. The van der Waals surface area contributed by atoms with Gasteiger partial charge in [0.2, 0.25) is 0 Å². The summed E-state index contributed by atoms with van der Waals surface area (Å²) in [5, 5.41) is 11.7. The largest absolute Gasteiger partial charge is 0.322 e. The molecule has 136 valence electrons. The minimum absolute atomic E-state index is 0.0281. The highest BCUT2D eigenvalue weighted by Gasteiger charge is 2.46. The molecule has 26 heavy (non-hydrogen) atoms. The molecular weight excluding hydrogens is 324 g/mol. The minimum Gasteiger partial charge on any atom is -0.318 e. The molecule has 1 aromatic carbocycles. The van der Waals surface area contributed by atoms with Gasteiger partial charge in [-0.2, -0.15) is 10.2 Å². The Labute approximate surface area is 154 Å². The first-order valence-electron chi connectivity index (χ1n) is 9.58. The summed E-state index contributed by atoms with van der Waals surface area (Å²) in [6.45, 7) is 6.40. The van der Waals surface area contributed by atoms with Gasteiger partial charge in [-0.1, -0.05) is 19.9 Å². The van der Waals surface area contributed by atoms with Crippen LogP contribution in [0.2, 0.25) is 0 Å². The second-order valence-corrected chi connectivity index (χ2v) is 7.75. The Balaban J connectivity index is 1.52. The third-order valence-corrected chi connectivity index (χ3v) is 5.76. The van der Waals surface area contributed by atoms with Gasteiger partial charge in [-0.25, -0.2) is 4.79 Å². The zero-order valence-corrected chi connectivity index (χ0v) is 15.7. The van der Waals surface area contributed by atoms with E-state index in [4.69, 9.17) is 0 Å². The number of piperidine rings is 1. The number of hydrogen-bond acceptors (Lipinski definition) is 3. The second-order valence-electron chi connectivity index (χ2n) is 7.75. The van der Waals surface area contributed by atoms with Gasteiger partial charge in [-0.3, -0.25) is 0 Å². The molecule has 3 atom stereocenters. The van der Waals surface area contributed by atoms with Gasteiger partial charge >= 0.3 is 6.03 Å². The average Bonchev–Trinajstić information content (AvgIpc) is 2.63. The highest BCUT2D eigenvalue weighted by atomic mass is 16.2. The predicted octanol–water partition coefficient (Wildman–Crippen LogP) is 4.42. The molecule has 5 nitrogen and oxygen atoms in total. The number of fused-ring (bicyclic) bond motifs is 2. The van der Waals surface area contributed by atoms with Crippen LogP contribution in [0.25, 0.3) is 11.3 Å². The molecule has 1 aromatic heterocycles. The van der Waals surface area contributed by atoms with Crippen molar-refractivity contribution in [2.24, 2.45) is 5.92 Å². The van der Waals surface area contributed by atoms with Crippen molar-refractivity contribution in [3.8, 4) is 11.3 Å². The van der Waals surface area contributed by atoms with E-state index in [1.54, 1.807) is 0 Å². The van der Waals surface area contributed by atoms with Crippen LogP contribution in [0.5, 0.6) is 0 Å². The van der Waals surface area contributed by atoms with Crippen molar-refractivity contribution in [2.75, 3.05) is 5.32 Å². The summed E-state index contributed by atoms with van der Waals surface area (Å²) in [5.41, 5.74) is 4.77. The Kier molecular flexibility index (Phi) is 4.39. The number of aromatic nitrogens is 2. The molecule has 0 saturated carbocycles. The molecule has 0 radical (unpaired) electrons. The van der Waals surface area contributed by atoms with Gasteiger partial charge in [-0.05, 0) is 68.4 Å². The van der Waals surface area contributed by atoms with Crippen LogP contribution >= 0.6 is 0 Å². The number of hydrogen-bond donors (Lipinski definition) is 1. The van der Waals surface area contributed by atoms with E-state index in [0.717, 1.165) is 59.8 Å². The summed E-state index contributed by atoms with van der Waals surface area (Å²) in [7, 11) is 0. The summed E-state index contributed by atoms with van der Waals surface area (Å²) in [6.07, 6.45) is 4.29. The van der Waals surface area contributed by atoms with Crippen LogP contribution in [0.4, 0.5) is 10.5 Å². The normalized spacial score (nSPS) is 24.1. The van der Waals surface area contributed by atoms with Crippen molar-refractivity contribution >= 4 is 11.7 Å². The molecule has 2 amide bonds. The maximum atomic E-state index is 12.7. The van der Waals surface area contributed by atoms with E-state index in [2.05, 4.69) is 36.3 Å². The first-order chi connectivity index (χ1) is 12.5. The van der Waals surface area contributed by atoms with Crippen LogP contribution in [0.1, 0.15) is 44.4 Å². The molecule has 1 N–H and O–H groups in total. The number of nitrogens with one attached hydrogen (secondary N) is 1. The van der Waals surface area contributed by atoms with Gasteiger partial charge in [0, 0.05) is 23.3 Å². The van der Waals surface area contributed by atoms with E-state index < -0.39 is 0 Å². The number of amides is 2. The summed E-state index contributed by atoms with van der Waals surface area (Å²) in [6, 6.07) is 10.9. The van der Waals surface area contributed by atoms with E-state index in [1.807, 2.05) is 35.2 Å². The summed E-state index contributed by atoms with van der Waals surface area (Å²) >= 11 is 0. The Morgan fingerprint density at radius 3 is 2.58 bits per heavy atom. The van der Waals surface area contributed by atoms with E-state index in [9.17, 15) is 4.79 Å². The van der Waals surface area contributed by atoms with E-state index in [0.29, 0.717) is 12.1 Å². The monoisotopic (exact) mass is 350 g/mol. The summed E-state index contributed by atoms with van der Waals surface area (Å²) in [5.74, 6) is 0.735. The quantitative estimate of drug-likeness (QED) is 0.891. The van der Waals surface area contributed by atoms with Crippen LogP contribution in [-0.4, -0.2) is 33.2 Å². The fraction of sp³-hybridized carbons (Fsp3) is 0.476. The molecule has 2 aliphatic rings. The molecule has 0 spiro atoms. The lowest BCUT2D eigenvalue weighted by atomic mass is 9.74. The molecule has 0 aliphatic carbocycles.